The van der Waals surface area contributed by atoms with E-state index in [-0.39, 0.29) is 11.9 Å². The number of nitrogens with two attached hydrogens (primary N) is 1. The Hall–Kier alpha value is -3.75. The molecule has 0 unspecified atom stereocenters. The number of amides is 1. The molecule has 0 radical (unpaired) electrons. The minimum atomic E-state index is -0.201. The van der Waals surface area contributed by atoms with Crippen molar-refractivity contribution in [1.29, 1.82) is 0 Å². The first kappa shape index (κ1) is 28.3. The number of aromatic nitrogens is 3. The number of nitrogens with zero attached hydrogens (tertiary/aromatic N) is 3. The first-order chi connectivity index (χ1) is 19.0. The summed E-state index contributed by atoms with van der Waals surface area (Å²) in [5, 5.41) is 11.6. The molecular formula is C31H41N7O. The molecule has 4 aromatic rings. The molecule has 1 amide bonds. The Morgan fingerprint density at radius 2 is 1.67 bits per heavy atom. The maximum atomic E-state index is 10.7. The van der Waals surface area contributed by atoms with Gasteiger partial charge in [0.15, 0.2) is 0 Å². The van der Waals surface area contributed by atoms with Crippen molar-refractivity contribution in [2.45, 2.75) is 51.6 Å². The smallest absolute Gasteiger partial charge is 0.217 e. The number of aryl methyl sites for hydroxylation is 1. The number of hydrogen-bond donors (Lipinski definition) is 4. The quantitative estimate of drug-likeness (QED) is 0.154. The molecule has 0 aliphatic carbocycles. The van der Waals surface area contributed by atoms with Crippen molar-refractivity contribution < 1.29 is 4.79 Å². The van der Waals surface area contributed by atoms with Crippen LogP contribution in [0.4, 0.5) is 5.82 Å². The molecule has 0 fully saturated rings. The summed E-state index contributed by atoms with van der Waals surface area (Å²) in [6.07, 6.45) is 6.36. The fourth-order valence-corrected chi connectivity index (χ4v) is 4.79. The summed E-state index contributed by atoms with van der Waals surface area (Å²) in [6.45, 7) is 5.84. The highest BCUT2D eigenvalue weighted by Gasteiger charge is 2.15. The van der Waals surface area contributed by atoms with Crippen molar-refractivity contribution in [2.75, 3.05) is 25.0 Å². The standard InChI is InChI=1S/C31H41N7O/c1-23(25-10-6-5-7-11-25)37-30-27-20-28(38(2)31(27)36-22-35-30)26-15-13-24(14-16-26)21-34-19-18-33-17-9-4-3-8-12-29(32)39/h5-7,10-11,13-16,20,22-23,33-34H,3-4,8-9,12,17-19,21H2,1-2H3,(H2,32,39)(H,35,36,37)/t23-/m1/s1. The molecule has 2 aromatic heterocycles. The molecule has 0 aliphatic heterocycles. The lowest BCUT2D eigenvalue weighted by Crippen LogP contribution is -2.27. The van der Waals surface area contributed by atoms with Gasteiger partial charge in [-0.3, -0.25) is 4.79 Å². The zero-order chi connectivity index (χ0) is 27.5. The number of nitrogens with one attached hydrogen (secondary N) is 3. The van der Waals surface area contributed by atoms with Crippen LogP contribution in [0.1, 0.15) is 56.2 Å². The molecule has 5 N–H and O–H groups in total. The Labute approximate surface area is 231 Å². The second kappa shape index (κ2) is 14.4. The molecule has 8 heteroatoms. The van der Waals surface area contributed by atoms with Gasteiger partial charge in [-0.05, 0) is 49.1 Å². The molecule has 4 rings (SSSR count). The van der Waals surface area contributed by atoms with Crippen LogP contribution in [0.15, 0.2) is 67.0 Å². The highest BCUT2D eigenvalue weighted by molar-refractivity contribution is 5.92. The second-order valence-electron chi connectivity index (χ2n) is 10.1. The number of rotatable bonds is 16. The molecule has 2 heterocycles. The van der Waals surface area contributed by atoms with Crippen LogP contribution in [0.5, 0.6) is 0 Å². The summed E-state index contributed by atoms with van der Waals surface area (Å²) in [4.78, 5) is 19.9. The van der Waals surface area contributed by atoms with E-state index in [9.17, 15) is 4.79 Å². The van der Waals surface area contributed by atoms with Gasteiger partial charge in [-0.2, -0.15) is 0 Å². The third-order valence-corrected chi connectivity index (χ3v) is 7.06. The summed E-state index contributed by atoms with van der Waals surface area (Å²) in [7, 11) is 2.05. The van der Waals surface area contributed by atoms with E-state index >= 15 is 0 Å². The van der Waals surface area contributed by atoms with Gasteiger partial charge in [0.2, 0.25) is 5.91 Å². The number of fused-ring (bicyclic) bond motifs is 1. The Kier molecular flexibility index (Phi) is 10.4. The summed E-state index contributed by atoms with van der Waals surface area (Å²) >= 11 is 0. The number of carbonyl (C=O) groups is 1. The molecule has 39 heavy (non-hydrogen) atoms. The lowest BCUT2D eigenvalue weighted by molar-refractivity contribution is -0.118. The van der Waals surface area contributed by atoms with Gasteiger partial charge in [0.05, 0.1) is 11.1 Å². The van der Waals surface area contributed by atoms with E-state index in [2.05, 4.69) is 99.1 Å². The van der Waals surface area contributed by atoms with Gasteiger partial charge >= 0.3 is 0 Å². The van der Waals surface area contributed by atoms with Crippen LogP contribution in [0, 0.1) is 0 Å². The number of hydrogen-bond acceptors (Lipinski definition) is 6. The molecule has 0 spiro atoms. The lowest BCUT2D eigenvalue weighted by Gasteiger charge is -2.15. The summed E-state index contributed by atoms with van der Waals surface area (Å²) in [5.41, 5.74) is 10.8. The largest absolute Gasteiger partial charge is 0.370 e. The predicted molar refractivity (Wildman–Crippen MR) is 159 cm³/mol. The van der Waals surface area contributed by atoms with Gasteiger partial charge in [0.25, 0.3) is 0 Å². The van der Waals surface area contributed by atoms with E-state index < -0.39 is 0 Å². The normalized spacial score (nSPS) is 12.1. The minimum Gasteiger partial charge on any atom is -0.370 e. The van der Waals surface area contributed by atoms with E-state index in [1.54, 1.807) is 6.33 Å². The maximum Gasteiger partial charge on any atom is 0.217 e. The molecule has 0 aliphatic rings. The highest BCUT2D eigenvalue weighted by atomic mass is 16.1. The van der Waals surface area contributed by atoms with E-state index in [1.165, 1.54) is 11.1 Å². The lowest BCUT2D eigenvalue weighted by atomic mass is 10.1. The Morgan fingerprint density at radius 1 is 0.923 bits per heavy atom. The molecule has 0 bridgehead atoms. The summed E-state index contributed by atoms with van der Waals surface area (Å²) in [5.74, 6) is 0.643. The number of benzene rings is 2. The van der Waals surface area contributed by atoms with Crippen LogP contribution < -0.4 is 21.7 Å². The number of anilines is 1. The SMILES string of the molecule is C[C@@H](Nc1ncnc2c1cc(-c1ccc(CNCCNCCCCCCC(N)=O)cc1)n2C)c1ccccc1. The first-order valence-corrected chi connectivity index (χ1v) is 13.9. The van der Waals surface area contributed by atoms with Crippen molar-refractivity contribution in [3.8, 4) is 11.3 Å². The average molecular weight is 528 g/mol. The summed E-state index contributed by atoms with van der Waals surface area (Å²) < 4.78 is 2.13. The minimum absolute atomic E-state index is 0.134. The zero-order valence-corrected chi connectivity index (χ0v) is 23.1. The Balaban J connectivity index is 1.26. The average Bonchev–Trinajstić information content (AvgIpc) is 3.29. The monoisotopic (exact) mass is 527 g/mol. The van der Waals surface area contributed by atoms with E-state index in [0.29, 0.717) is 6.42 Å². The van der Waals surface area contributed by atoms with Gasteiger partial charge in [-0.1, -0.05) is 67.4 Å². The number of carbonyl (C=O) groups excluding carboxylic acids is 1. The van der Waals surface area contributed by atoms with E-state index in [1.807, 2.05) is 6.07 Å². The second-order valence-corrected chi connectivity index (χ2v) is 10.1. The van der Waals surface area contributed by atoms with Crippen LogP contribution in [-0.4, -0.2) is 40.1 Å². The fourth-order valence-electron chi connectivity index (χ4n) is 4.79. The van der Waals surface area contributed by atoms with Crippen molar-refractivity contribution in [2.24, 2.45) is 12.8 Å². The van der Waals surface area contributed by atoms with Crippen LogP contribution in [0.2, 0.25) is 0 Å². The Bertz CT molecular complexity index is 1320. The molecular weight excluding hydrogens is 486 g/mol. The Morgan fingerprint density at radius 3 is 2.44 bits per heavy atom. The molecule has 8 nitrogen and oxygen atoms in total. The van der Waals surface area contributed by atoms with Crippen molar-refractivity contribution in [1.82, 2.24) is 25.2 Å². The van der Waals surface area contributed by atoms with Crippen LogP contribution in [0.3, 0.4) is 0 Å². The van der Waals surface area contributed by atoms with Gasteiger partial charge < -0.3 is 26.3 Å². The van der Waals surface area contributed by atoms with Crippen LogP contribution >= 0.6 is 0 Å². The van der Waals surface area contributed by atoms with Crippen LogP contribution in [0.25, 0.3) is 22.3 Å². The van der Waals surface area contributed by atoms with Gasteiger partial charge in [-0.15, -0.1) is 0 Å². The predicted octanol–water partition coefficient (Wildman–Crippen LogP) is 4.92. The molecule has 2 aromatic carbocycles. The summed E-state index contributed by atoms with van der Waals surface area (Å²) in [6, 6.07) is 21.4. The highest BCUT2D eigenvalue weighted by Crippen LogP contribution is 2.31. The van der Waals surface area contributed by atoms with Crippen molar-refractivity contribution in [3.05, 3.63) is 78.1 Å². The van der Waals surface area contributed by atoms with E-state index in [0.717, 1.165) is 80.0 Å². The first-order valence-electron chi connectivity index (χ1n) is 13.9. The number of primary amides is 1. The fraction of sp³-hybridized carbons (Fsp3) is 0.387. The number of unbranched alkanes of at least 4 members (excludes halogenated alkanes) is 3. The molecule has 0 saturated carbocycles. The van der Waals surface area contributed by atoms with Gasteiger partial charge in [0, 0.05) is 39.1 Å². The third kappa shape index (κ3) is 8.12. The van der Waals surface area contributed by atoms with Gasteiger partial charge in [0.1, 0.15) is 17.8 Å². The van der Waals surface area contributed by atoms with E-state index in [4.69, 9.17) is 5.73 Å². The van der Waals surface area contributed by atoms with Gasteiger partial charge in [-0.25, -0.2) is 9.97 Å². The topological polar surface area (TPSA) is 110 Å². The van der Waals surface area contributed by atoms with Crippen molar-refractivity contribution in [3.63, 3.8) is 0 Å². The third-order valence-electron chi connectivity index (χ3n) is 7.06. The van der Waals surface area contributed by atoms with Crippen molar-refractivity contribution >= 4 is 22.8 Å². The molecule has 1 atom stereocenters. The molecule has 206 valence electrons. The molecule has 0 saturated heterocycles. The van der Waals surface area contributed by atoms with Crippen LogP contribution in [-0.2, 0) is 18.4 Å². The zero-order valence-electron chi connectivity index (χ0n) is 23.1. The maximum absolute atomic E-state index is 10.7.